The Morgan fingerprint density at radius 2 is 2.06 bits per heavy atom. The minimum absolute atomic E-state index is 0.183. The summed E-state index contributed by atoms with van der Waals surface area (Å²) in [5, 5.41) is 6.25. The summed E-state index contributed by atoms with van der Waals surface area (Å²) < 4.78 is 5.42. The number of fused-ring (bicyclic) bond motifs is 1. The molecule has 7 nitrogen and oxygen atoms in total. The number of esters is 1. The van der Waals surface area contributed by atoms with E-state index in [2.05, 4.69) is 22.2 Å². The summed E-state index contributed by atoms with van der Waals surface area (Å²) in [5.74, 6) is -0.839. The number of unbranched alkanes of at least 4 members (excludes halogenated alkanes) is 1. The lowest BCUT2D eigenvalue weighted by molar-refractivity contribution is -0.146. The van der Waals surface area contributed by atoms with Gasteiger partial charge in [-0.1, -0.05) is 44.9 Å². The topological polar surface area (TPSA) is 110 Å². The molecule has 1 amide bonds. The van der Waals surface area contributed by atoms with Crippen LogP contribution >= 0.6 is 11.3 Å². The maximum absolute atomic E-state index is 12.9. The highest BCUT2D eigenvalue weighted by atomic mass is 32.1. The molecular formula is C23H30N4O3S. The van der Waals surface area contributed by atoms with Gasteiger partial charge in [-0.2, -0.15) is 0 Å². The highest BCUT2D eigenvalue weighted by Gasteiger charge is 2.26. The van der Waals surface area contributed by atoms with Crippen LogP contribution in [0.1, 0.15) is 66.6 Å². The van der Waals surface area contributed by atoms with Gasteiger partial charge in [0.2, 0.25) is 0 Å². The maximum atomic E-state index is 12.9. The molecule has 4 N–H and O–H groups in total. The van der Waals surface area contributed by atoms with E-state index in [1.54, 1.807) is 5.38 Å². The molecule has 0 saturated carbocycles. The van der Waals surface area contributed by atoms with Crippen molar-refractivity contribution in [1.29, 1.82) is 0 Å². The van der Waals surface area contributed by atoms with Gasteiger partial charge in [0.05, 0.1) is 12.6 Å². The number of para-hydroxylation sites is 1. The highest BCUT2D eigenvalue weighted by molar-refractivity contribution is 7.09. The Labute approximate surface area is 186 Å². The Kier molecular flexibility index (Phi) is 8.20. The first kappa shape index (κ1) is 23.0. The Hall–Kier alpha value is -2.71. The molecule has 0 fully saturated rings. The van der Waals surface area contributed by atoms with Crippen molar-refractivity contribution in [1.82, 2.24) is 15.3 Å². The molecule has 2 unspecified atom stereocenters. The van der Waals surface area contributed by atoms with Gasteiger partial charge in [0.15, 0.2) is 0 Å². The number of aromatic nitrogens is 2. The van der Waals surface area contributed by atoms with Crippen molar-refractivity contribution < 1.29 is 14.3 Å². The largest absolute Gasteiger partial charge is 0.464 e. The molecule has 2 atom stereocenters. The number of aromatic amines is 1. The molecule has 2 aromatic heterocycles. The second-order valence-corrected chi connectivity index (χ2v) is 8.47. The third-order valence-electron chi connectivity index (χ3n) is 5.10. The molecule has 166 valence electrons. The number of carbonyl (C=O) groups excluding carboxylic acids is 2. The number of amides is 1. The van der Waals surface area contributed by atoms with E-state index >= 15 is 0 Å². The first-order valence-electron chi connectivity index (χ1n) is 10.8. The summed E-state index contributed by atoms with van der Waals surface area (Å²) in [4.78, 5) is 33.2. The summed E-state index contributed by atoms with van der Waals surface area (Å²) in [6, 6.07) is 6.87. The van der Waals surface area contributed by atoms with E-state index in [0.29, 0.717) is 13.0 Å². The standard InChI is InChI=1S/C23H30N4O3S/c1-3-5-11-30-23(29)19(12-15-13-25-18-10-7-6-9-16(15)18)26-21(28)20-14-31-22(27-20)17(24)8-4-2/h6-7,9-10,13-14,17,19,25H,3-5,8,11-12,24H2,1-2H3,(H,26,28). The van der Waals surface area contributed by atoms with Crippen molar-refractivity contribution in [3.05, 3.63) is 52.1 Å². The molecule has 0 saturated heterocycles. The van der Waals surface area contributed by atoms with Crippen LogP contribution in [0.2, 0.25) is 0 Å². The number of carbonyl (C=O) groups is 2. The summed E-state index contributed by atoms with van der Waals surface area (Å²) in [7, 11) is 0. The van der Waals surface area contributed by atoms with Crippen LogP contribution in [0.3, 0.4) is 0 Å². The summed E-state index contributed by atoms with van der Waals surface area (Å²) in [5.41, 5.74) is 8.32. The zero-order chi connectivity index (χ0) is 22.2. The van der Waals surface area contributed by atoms with Crippen molar-refractivity contribution in [3.8, 4) is 0 Å². The SMILES string of the molecule is CCCCOC(=O)C(Cc1c[nH]c2ccccc12)NC(=O)c1csc(C(N)CCC)n1. The van der Waals surface area contributed by atoms with E-state index in [0.717, 1.165) is 47.2 Å². The van der Waals surface area contributed by atoms with E-state index in [-0.39, 0.29) is 11.7 Å². The molecule has 0 spiro atoms. The number of thiazole rings is 1. The Morgan fingerprint density at radius 1 is 1.26 bits per heavy atom. The fraction of sp³-hybridized carbons (Fsp3) is 0.435. The van der Waals surface area contributed by atoms with Crippen LogP contribution in [-0.4, -0.2) is 34.5 Å². The Balaban J connectivity index is 1.76. The lowest BCUT2D eigenvalue weighted by Gasteiger charge is -2.17. The summed E-state index contributed by atoms with van der Waals surface area (Å²) >= 11 is 1.37. The van der Waals surface area contributed by atoms with Gasteiger partial charge in [0, 0.05) is 28.9 Å². The van der Waals surface area contributed by atoms with Crippen molar-refractivity contribution >= 4 is 34.1 Å². The average molecular weight is 443 g/mol. The molecule has 3 aromatic rings. The highest BCUT2D eigenvalue weighted by Crippen LogP contribution is 2.22. The van der Waals surface area contributed by atoms with Gasteiger partial charge in [-0.25, -0.2) is 9.78 Å². The van der Waals surface area contributed by atoms with Crippen LogP contribution in [0, 0.1) is 0 Å². The normalized spacial score (nSPS) is 13.1. The minimum atomic E-state index is -0.807. The van der Waals surface area contributed by atoms with Crippen LogP contribution in [0.25, 0.3) is 10.9 Å². The predicted molar refractivity (Wildman–Crippen MR) is 123 cm³/mol. The quantitative estimate of drug-likeness (QED) is 0.306. The number of rotatable bonds is 11. The average Bonchev–Trinajstić information content (AvgIpc) is 3.41. The molecule has 2 heterocycles. The third-order valence-corrected chi connectivity index (χ3v) is 6.08. The van der Waals surface area contributed by atoms with Crippen LogP contribution in [0.4, 0.5) is 0 Å². The van der Waals surface area contributed by atoms with Gasteiger partial charge in [-0.05, 0) is 24.5 Å². The number of H-pyrrole nitrogens is 1. The van der Waals surface area contributed by atoms with Crippen LogP contribution < -0.4 is 11.1 Å². The minimum Gasteiger partial charge on any atom is -0.464 e. The summed E-state index contributed by atoms with van der Waals surface area (Å²) in [6.45, 7) is 4.42. The molecule has 31 heavy (non-hydrogen) atoms. The van der Waals surface area contributed by atoms with E-state index in [1.165, 1.54) is 11.3 Å². The predicted octanol–water partition coefficient (Wildman–Crippen LogP) is 4.11. The van der Waals surface area contributed by atoms with Gasteiger partial charge >= 0.3 is 5.97 Å². The van der Waals surface area contributed by atoms with Gasteiger partial charge in [-0.15, -0.1) is 11.3 Å². The molecule has 1 aromatic carbocycles. The number of hydrogen-bond donors (Lipinski definition) is 3. The summed E-state index contributed by atoms with van der Waals surface area (Å²) in [6.07, 6.45) is 5.65. The van der Waals surface area contributed by atoms with Crippen LogP contribution in [0.15, 0.2) is 35.8 Å². The van der Waals surface area contributed by atoms with Crippen molar-refractivity contribution in [2.75, 3.05) is 6.61 Å². The number of hydrogen-bond acceptors (Lipinski definition) is 6. The molecule has 0 aliphatic heterocycles. The lowest BCUT2D eigenvalue weighted by Crippen LogP contribution is -2.43. The van der Waals surface area contributed by atoms with E-state index in [4.69, 9.17) is 10.5 Å². The van der Waals surface area contributed by atoms with Crippen molar-refractivity contribution in [3.63, 3.8) is 0 Å². The van der Waals surface area contributed by atoms with Crippen molar-refractivity contribution in [2.45, 2.75) is 58.0 Å². The van der Waals surface area contributed by atoms with Crippen LogP contribution in [0.5, 0.6) is 0 Å². The molecule has 0 radical (unpaired) electrons. The van der Waals surface area contributed by atoms with Gasteiger partial charge < -0.3 is 20.8 Å². The van der Waals surface area contributed by atoms with E-state index in [9.17, 15) is 9.59 Å². The number of nitrogens with two attached hydrogens (primary N) is 1. The van der Waals surface area contributed by atoms with Gasteiger partial charge in [0.25, 0.3) is 5.91 Å². The molecule has 0 aliphatic carbocycles. The maximum Gasteiger partial charge on any atom is 0.328 e. The zero-order valence-corrected chi connectivity index (χ0v) is 18.8. The first-order chi connectivity index (χ1) is 15.0. The molecule has 3 rings (SSSR count). The molecule has 0 bridgehead atoms. The number of benzene rings is 1. The Bertz CT molecular complexity index is 1010. The van der Waals surface area contributed by atoms with E-state index < -0.39 is 17.9 Å². The second-order valence-electron chi connectivity index (χ2n) is 7.58. The molecular weight excluding hydrogens is 412 g/mol. The molecule has 0 aliphatic rings. The fourth-order valence-corrected chi connectivity index (χ4v) is 4.20. The number of ether oxygens (including phenoxy) is 1. The molecule has 8 heteroatoms. The first-order valence-corrected chi connectivity index (χ1v) is 11.6. The van der Waals surface area contributed by atoms with Gasteiger partial charge in [0.1, 0.15) is 16.7 Å². The van der Waals surface area contributed by atoms with Gasteiger partial charge in [-0.3, -0.25) is 4.79 Å². The number of nitrogens with one attached hydrogen (secondary N) is 2. The van der Waals surface area contributed by atoms with Crippen molar-refractivity contribution in [2.24, 2.45) is 5.73 Å². The van der Waals surface area contributed by atoms with Crippen LogP contribution in [-0.2, 0) is 16.0 Å². The van der Waals surface area contributed by atoms with E-state index in [1.807, 2.05) is 37.4 Å². The number of nitrogens with zero attached hydrogens (tertiary/aromatic N) is 1. The fourth-order valence-electron chi connectivity index (χ4n) is 3.36. The lowest BCUT2D eigenvalue weighted by atomic mass is 10.0. The second kappa shape index (κ2) is 11.1. The third kappa shape index (κ3) is 5.92. The Morgan fingerprint density at radius 3 is 2.84 bits per heavy atom. The smallest absolute Gasteiger partial charge is 0.328 e. The monoisotopic (exact) mass is 442 g/mol. The zero-order valence-electron chi connectivity index (χ0n) is 18.0.